The van der Waals surface area contributed by atoms with Crippen molar-refractivity contribution < 1.29 is 9.59 Å². The highest BCUT2D eigenvalue weighted by Gasteiger charge is 2.27. The molecule has 88 valence electrons. The molecule has 0 aromatic heterocycles. The van der Waals surface area contributed by atoms with Crippen LogP contribution in [0.25, 0.3) is 0 Å². The van der Waals surface area contributed by atoms with Gasteiger partial charge in [-0.05, 0) is 35.9 Å². The van der Waals surface area contributed by atoms with Crippen LogP contribution >= 0.6 is 11.8 Å². The van der Waals surface area contributed by atoms with Gasteiger partial charge in [-0.3, -0.25) is 9.59 Å². The lowest BCUT2D eigenvalue weighted by molar-refractivity contribution is -0.114. The second-order valence-electron chi connectivity index (χ2n) is 4.16. The third kappa shape index (κ3) is 1.97. The first-order valence-corrected chi connectivity index (χ1v) is 6.49. The molecule has 2 nitrogen and oxygen atoms in total. The molecule has 0 aliphatic heterocycles. The number of hydrogen-bond acceptors (Lipinski definition) is 3. The van der Waals surface area contributed by atoms with E-state index >= 15 is 0 Å². The van der Waals surface area contributed by atoms with Crippen molar-refractivity contribution in [2.24, 2.45) is 0 Å². The predicted octanol–water partition coefficient (Wildman–Crippen LogP) is 3.15. The van der Waals surface area contributed by atoms with Crippen LogP contribution in [0.4, 0.5) is 0 Å². The Labute approximate surface area is 109 Å². The Morgan fingerprint density at radius 1 is 0.889 bits per heavy atom. The van der Waals surface area contributed by atoms with Crippen LogP contribution in [-0.4, -0.2) is 11.6 Å². The number of carbonyl (C=O) groups is 2. The third-order valence-corrected chi connectivity index (χ3v) is 3.90. The van der Waals surface area contributed by atoms with Crippen LogP contribution in [-0.2, 0) is 11.2 Å². The molecule has 0 saturated carbocycles. The maximum atomic E-state index is 11.5. The fourth-order valence-corrected chi connectivity index (χ4v) is 2.93. The number of benzene rings is 2. The molecule has 0 amide bonds. The lowest BCUT2D eigenvalue weighted by Gasteiger charge is -2.03. The summed E-state index contributed by atoms with van der Waals surface area (Å²) in [6.45, 7) is 0. The summed E-state index contributed by atoms with van der Waals surface area (Å²) in [5.41, 5.74) is 1.42. The lowest BCUT2D eigenvalue weighted by atomic mass is 10.1. The van der Waals surface area contributed by atoms with Crippen LogP contribution in [0.2, 0.25) is 0 Å². The number of hydrogen-bond donors (Lipinski definition) is 0. The fourth-order valence-electron chi connectivity index (χ4n) is 2.03. The number of rotatable bonds is 2. The van der Waals surface area contributed by atoms with Crippen LogP contribution in [0.1, 0.15) is 15.9 Å². The molecule has 0 spiro atoms. The van der Waals surface area contributed by atoms with Crippen molar-refractivity contribution in [1.82, 2.24) is 0 Å². The fraction of sp³-hybridized carbons (Fsp3) is 0.0667. The normalized spacial score (nSPS) is 13.8. The first-order chi connectivity index (χ1) is 8.74. The largest absolute Gasteiger partial charge is 0.290 e. The number of carbonyl (C=O) groups excluding carboxylic acids is 2. The van der Waals surface area contributed by atoms with Crippen molar-refractivity contribution in [3.05, 3.63) is 59.7 Å². The molecule has 0 atom stereocenters. The molecule has 18 heavy (non-hydrogen) atoms. The Kier molecular flexibility index (Phi) is 2.76. The molecule has 0 radical (unpaired) electrons. The molecule has 3 rings (SSSR count). The van der Waals surface area contributed by atoms with Crippen LogP contribution in [0, 0.1) is 0 Å². The summed E-state index contributed by atoms with van der Waals surface area (Å²) < 4.78 is 0. The summed E-state index contributed by atoms with van der Waals surface area (Å²) in [5.74, 6) is -0.645. The molecule has 0 unspecified atom stereocenters. The standard InChI is InChI=1S/C15H10O2S/c16-14-9-10-8-12(6-7-13(10)15(14)17)18-11-4-2-1-3-5-11/h1-8H,9H2. The minimum Gasteiger partial charge on any atom is -0.290 e. The van der Waals surface area contributed by atoms with Gasteiger partial charge >= 0.3 is 0 Å². The third-order valence-electron chi connectivity index (χ3n) is 2.90. The SMILES string of the molecule is O=C1Cc2cc(Sc3ccccc3)ccc2C1=O. The second-order valence-corrected chi connectivity index (χ2v) is 5.31. The molecule has 0 fully saturated rings. The molecule has 0 N–H and O–H groups in total. The van der Waals surface area contributed by atoms with Crippen LogP contribution in [0.5, 0.6) is 0 Å². The number of Topliss-reactive ketones (excluding diaryl/α,β-unsaturated/α-hetero) is 2. The van der Waals surface area contributed by atoms with Crippen LogP contribution < -0.4 is 0 Å². The van der Waals surface area contributed by atoms with Crippen molar-refractivity contribution in [2.45, 2.75) is 16.2 Å². The predicted molar refractivity (Wildman–Crippen MR) is 70.0 cm³/mol. The van der Waals surface area contributed by atoms with Gasteiger partial charge in [0.05, 0.1) is 0 Å². The van der Waals surface area contributed by atoms with Gasteiger partial charge in [0.25, 0.3) is 0 Å². The van der Waals surface area contributed by atoms with E-state index in [0.717, 1.165) is 15.4 Å². The maximum Gasteiger partial charge on any atom is 0.229 e. The van der Waals surface area contributed by atoms with Gasteiger partial charge in [0, 0.05) is 21.8 Å². The van der Waals surface area contributed by atoms with Gasteiger partial charge in [-0.2, -0.15) is 0 Å². The van der Waals surface area contributed by atoms with Crippen LogP contribution in [0.3, 0.4) is 0 Å². The average Bonchev–Trinajstić information content (AvgIpc) is 2.66. The van der Waals surface area contributed by atoms with E-state index in [1.54, 1.807) is 17.8 Å². The van der Waals surface area contributed by atoms with E-state index in [9.17, 15) is 9.59 Å². The first-order valence-electron chi connectivity index (χ1n) is 5.67. The van der Waals surface area contributed by atoms with E-state index in [0.29, 0.717) is 5.56 Å². The van der Waals surface area contributed by atoms with Gasteiger partial charge in [-0.15, -0.1) is 0 Å². The highest BCUT2D eigenvalue weighted by Crippen LogP contribution is 2.31. The summed E-state index contributed by atoms with van der Waals surface area (Å²) in [6.07, 6.45) is 0.247. The van der Waals surface area contributed by atoms with Gasteiger partial charge in [0.15, 0.2) is 0 Å². The minimum atomic E-state index is -0.346. The van der Waals surface area contributed by atoms with E-state index in [2.05, 4.69) is 0 Å². The van der Waals surface area contributed by atoms with Gasteiger partial charge in [0.1, 0.15) is 0 Å². The molecule has 2 aromatic carbocycles. The molecule has 1 aliphatic carbocycles. The summed E-state index contributed by atoms with van der Waals surface area (Å²) >= 11 is 1.63. The molecule has 3 heteroatoms. The Morgan fingerprint density at radius 3 is 2.44 bits per heavy atom. The summed E-state index contributed by atoms with van der Waals surface area (Å²) in [7, 11) is 0. The molecular weight excluding hydrogens is 244 g/mol. The summed E-state index contributed by atoms with van der Waals surface area (Å²) in [4.78, 5) is 25.1. The topological polar surface area (TPSA) is 34.1 Å². The van der Waals surface area contributed by atoms with E-state index in [4.69, 9.17) is 0 Å². The zero-order chi connectivity index (χ0) is 12.5. The Morgan fingerprint density at radius 2 is 1.67 bits per heavy atom. The van der Waals surface area contributed by atoms with Gasteiger partial charge in [0.2, 0.25) is 11.6 Å². The minimum absolute atomic E-state index is 0.247. The Balaban J connectivity index is 1.91. The van der Waals surface area contributed by atoms with Gasteiger partial charge < -0.3 is 0 Å². The first kappa shape index (κ1) is 11.2. The van der Waals surface area contributed by atoms with Gasteiger partial charge in [-0.1, -0.05) is 30.0 Å². The summed E-state index contributed by atoms with van der Waals surface area (Å²) in [6, 6.07) is 15.6. The van der Waals surface area contributed by atoms with Crippen LogP contribution in [0.15, 0.2) is 58.3 Å². The highest BCUT2D eigenvalue weighted by molar-refractivity contribution is 7.99. The van der Waals surface area contributed by atoms with E-state index in [1.165, 1.54) is 0 Å². The van der Waals surface area contributed by atoms with Crippen molar-refractivity contribution in [1.29, 1.82) is 0 Å². The zero-order valence-electron chi connectivity index (χ0n) is 9.55. The molecule has 1 aliphatic rings. The smallest absolute Gasteiger partial charge is 0.229 e. The zero-order valence-corrected chi connectivity index (χ0v) is 10.4. The number of ketones is 2. The Hall–Kier alpha value is -1.87. The maximum absolute atomic E-state index is 11.5. The quantitative estimate of drug-likeness (QED) is 0.772. The molecule has 0 heterocycles. The van der Waals surface area contributed by atoms with Crippen molar-refractivity contribution in [2.75, 3.05) is 0 Å². The lowest BCUT2D eigenvalue weighted by Crippen LogP contribution is -2.05. The van der Waals surface area contributed by atoms with Gasteiger partial charge in [-0.25, -0.2) is 0 Å². The Bertz CT molecular complexity index is 632. The van der Waals surface area contributed by atoms with Crippen molar-refractivity contribution in [3.8, 4) is 0 Å². The number of fused-ring (bicyclic) bond motifs is 1. The van der Waals surface area contributed by atoms with E-state index < -0.39 is 0 Å². The molecule has 0 bridgehead atoms. The molecule has 2 aromatic rings. The average molecular weight is 254 g/mol. The molecule has 0 saturated heterocycles. The second kappa shape index (κ2) is 4.42. The molecular formula is C15H10O2S. The summed E-state index contributed by atoms with van der Waals surface area (Å²) in [5, 5.41) is 0. The monoisotopic (exact) mass is 254 g/mol. The highest BCUT2D eigenvalue weighted by atomic mass is 32.2. The van der Waals surface area contributed by atoms with Crippen molar-refractivity contribution >= 4 is 23.3 Å². The van der Waals surface area contributed by atoms with E-state index in [-0.39, 0.29) is 18.0 Å². The van der Waals surface area contributed by atoms with Crippen molar-refractivity contribution in [3.63, 3.8) is 0 Å². The van der Waals surface area contributed by atoms with E-state index in [1.807, 2.05) is 42.5 Å².